The van der Waals surface area contributed by atoms with Crippen LogP contribution in [0.3, 0.4) is 0 Å². The number of aliphatic hydroxyl groups is 2. The highest BCUT2D eigenvalue weighted by molar-refractivity contribution is 7.09. The number of esters is 1. The molecule has 2 saturated heterocycles. The molecule has 0 saturated carbocycles. The number of carbonyl (C=O) groups is 2. The second-order valence-electron chi connectivity index (χ2n) is 10.4. The number of fused-ring (bicyclic) bond motifs is 1. The third-order valence-electron chi connectivity index (χ3n) is 7.18. The lowest BCUT2D eigenvalue weighted by Gasteiger charge is -2.34. The minimum absolute atomic E-state index is 0.0846. The standard InChI is InChI=1S/C25H36FNO7S/c1-13-22(30)14(2)32-8-7-25(6)20(34-25)10-18(17(26)9-16-12-35-15(3)27-16)33-21(29)11-19(28)24(4,5)23(13)31/h9,12-14,18-20,22,28,30H,7-8,10-11H2,1-6H3/b17-9-/t13-,14-,18+,19+,20?,22+,25-/m1/s1. The lowest BCUT2D eigenvalue weighted by molar-refractivity contribution is -0.156. The fourth-order valence-corrected chi connectivity index (χ4v) is 4.95. The SMILES string of the molecule is Cc1nc(/C=C(\F)[C@@H]2CC3O[C@]3(C)CCO[C@H](C)[C@@H](O)[C@@H](C)C(=O)C(C)(C)[C@@H](O)CC(=O)O2)cs1. The molecule has 1 aromatic heterocycles. The summed E-state index contributed by atoms with van der Waals surface area (Å²) in [7, 11) is 0. The van der Waals surface area contributed by atoms with E-state index in [0.717, 1.165) is 5.01 Å². The van der Waals surface area contributed by atoms with Crippen LogP contribution in [0.4, 0.5) is 4.39 Å². The molecular weight excluding hydrogens is 477 g/mol. The zero-order chi connectivity index (χ0) is 26.1. The van der Waals surface area contributed by atoms with Crippen LogP contribution in [0.5, 0.6) is 0 Å². The fourth-order valence-electron chi connectivity index (χ4n) is 4.38. The van der Waals surface area contributed by atoms with E-state index in [4.69, 9.17) is 14.2 Å². The molecule has 7 atom stereocenters. The quantitative estimate of drug-likeness (QED) is 0.457. The van der Waals surface area contributed by atoms with Crippen molar-refractivity contribution in [3.05, 3.63) is 21.9 Å². The Morgan fingerprint density at radius 3 is 2.57 bits per heavy atom. The second-order valence-corrected chi connectivity index (χ2v) is 11.4. The van der Waals surface area contributed by atoms with Crippen LogP contribution in [0.1, 0.15) is 64.6 Å². The van der Waals surface area contributed by atoms with Crippen molar-refractivity contribution < 1.29 is 38.4 Å². The summed E-state index contributed by atoms with van der Waals surface area (Å²) in [5, 5.41) is 23.9. The van der Waals surface area contributed by atoms with Crippen molar-refractivity contribution in [3.8, 4) is 0 Å². The summed E-state index contributed by atoms with van der Waals surface area (Å²) in [6, 6.07) is 0. The monoisotopic (exact) mass is 513 g/mol. The largest absolute Gasteiger partial charge is 0.455 e. The van der Waals surface area contributed by atoms with E-state index in [-0.39, 0.29) is 19.1 Å². The number of hydrogen-bond donors (Lipinski definition) is 2. The normalized spacial score (nSPS) is 37.5. The molecule has 2 aliphatic rings. The summed E-state index contributed by atoms with van der Waals surface area (Å²) in [6.45, 7) is 10.2. The molecule has 3 heterocycles. The molecule has 0 radical (unpaired) electrons. The van der Waals surface area contributed by atoms with Gasteiger partial charge < -0.3 is 24.4 Å². The first kappa shape index (κ1) is 27.9. The van der Waals surface area contributed by atoms with Gasteiger partial charge >= 0.3 is 5.97 Å². The maximum atomic E-state index is 15.2. The Morgan fingerprint density at radius 2 is 1.94 bits per heavy atom. The van der Waals surface area contributed by atoms with Crippen molar-refractivity contribution >= 4 is 29.2 Å². The van der Waals surface area contributed by atoms with Gasteiger partial charge in [0.1, 0.15) is 11.6 Å². The second kappa shape index (κ2) is 10.7. The van der Waals surface area contributed by atoms with E-state index in [1.165, 1.54) is 31.3 Å². The molecule has 3 rings (SSSR count). The van der Waals surface area contributed by atoms with Crippen molar-refractivity contribution in [2.24, 2.45) is 11.3 Å². The van der Waals surface area contributed by atoms with Gasteiger partial charge in [0.25, 0.3) is 0 Å². The molecule has 35 heavy (non-hydrogen) atoms. The summed E-state index contributed by atoms with van der Waals surface area (Å²) in [4.78, 5) is 30.1. The lowest BCUT2D eigenvalue weighted by Crippen LogP contribution is -2.47. The molecule has 10 heteroatoms. The highest BCUT2D eigenvalue weighted by Gasteiger charge is 2.53. The number of aryl methyl sites for hydroxylation is 1. The highest BCUT2D eigenvalue weighted by atomic mass is 32.1. The first-order valence-electron chi connectivity index (χ1n) is 11.9. The van der Waals surface area contributed by atoms with Crippen molar-refractivity contribution in [1.29, 1.82) is 0 Å². The highest BCUT2D eigenvalue weighted by Crippen LogP contribution is 2.44. The van der Waals surface area contributed by atoms with Crippen LogP contribution in [0, 0.1) is 18.3 Å². The first-order chi connectivity index (χ1) is 16.2. The van der Waals surface area contributed by atoms with Gasteiger partial charge in [-0.25, -0.2) is 9.37 Å². The number of epoxide rings is 1. The van der Waals surface area contributed by atoms with Crippen LogP contribution < -0.4 is 0 Å². The van der Waals surface area contributed by atoms with E-state index in [1.807, 2.05) is 13.8 Å². The lowest BCUT2D eigenvalue weighted by atomic mass is 9.74. The first-order valence-corrected chi connectivity index (χ1v) is 12.8. The number of aliphatic hydroxyl groups excluding tert-OH is 2. The summed E-state index contributed by atoms with van der Waals surface area (Å²) in [5.74, 6) is -2.75. The van der Waals surface area contributed by atoms with Crippen LogP contribution >= 0.6 is 11.3 Å². The van der Waals surface area contributed by atoms with E-state index < -0.39 is 65.4 Å². The molecule has 2 N–H and O–H groups in total. The predicted molar refractivity (Wildman–Crippen MR) is 128 cm³/mol. The number of Topliss-reactive ketones (excluding diaryl/α,β-unsaturated/α-hetero) is 1. The number of rotatable bonds is 2. The van der Waals surface area contributed by atoms with E-state index in [9.17, 15) is 19.8 Å². The Hall–Kier alpha value is -1.72. The number of ketones is 1. The molecule has 0 aliphatic carbocycles. The van der Waals surface area contributed by atoms with Crippen LogP contribution in [0.15, 0.2) is 11.2 Å². The van der Waals surface area contributed by atoms with Crippen molar-refractivity contribution in [2.75, 3.05) is 6.61 Å². The smallest absolute Gasteiger partial charge is 0.309 e. The van der Waals surface area contributed by atoms with Gasteiger partial charge in [0, 0.05) is 30.7 Å². The molecule has 1 unspecified atom stereocenters. The van der Waals surface area contributed by atoms with E-state index in [0.29, 0.717) is 12.1 Å². The molecule has 196 valence electrons. The Labute approximate surface area is 209 Å². The molecule has 8 nitrogen and oxygen atoms in total. The molecule has 0 amide bonds. The molecule has 0 bridgehead atoms. The summed E-state index contributed by atoms with van der Waals surface area (Å²) in [5.41, 5.74) is -1.52. The fraction of sp³-hybridized carbons (Fsp3) is 0.720. The molecule has 0 spiro atoms. The maximum Gasteiger partial charge on any atom is 0.309 e. The molecule has 2 aliphatic heterocycles. The van der Waals surface area contributed by atoms with Crippen molar-refractivity contribution in [1.82, 2.24) is 4.98 Å². The number of carbonyl (C=O) groups excluding carboxylic acids is 2. The Bertz CT molecular complexity index is 963. The van der Waals surface area contributed by atoms with E-state index in [2.05, 4.69) is 4.98 Å². The van der Waals surface area contributed by atoms with Gasteiger partial charge in [0.15, 0.2) is 6.10 Å². The van der Waals surface area contributed by atoms with Crippen molar-refractivity contribution in [2.45, 2.75) is 96.9 Å². The number of ether oxygens (including phenoxy) is 3. The topological polar surface area (TPSA) is 118 Å². The maximum absolute atomic E-state index is 15.2. The van der Waals surface area contributed by atoms with Gasteiger partial charge in [0.2, 0.25) is 0 Å². The van der Waals surface area contributed by atoms with Gasteiger partial charge in [-0.15, -0.1) is 11.3 Å². The summed E-state index contributed by atoms with van der Waals surface area (Å²) >= 11 is 1.38. The van der Waals surface area contributed by atoms with Crippen LogP contribution in [0.2, 0.25) is 0 Å². The average molecular weight is 514 g/mol. The molecule has 2 fully saturated rings. The van der Waals surface area contributed by atoms with Gasteiger partial charge in [-0.05, 0) is 26.8 Å². The van der Waals surface area contributed by atoms with Crippen molar-refractivity contribution in [3.63, 3.8) is 0 Å². The molecule has 0 aromatic carbocycles. The van der Waals surface area contributed by atoms with Crippen LogP contribution in [-0.4, -0.2) is 69.7 Å². The number of halogens is 1. The Kier molecular flexibility index (Phi) is 8.53. The zero-order valence-electron chi connectivity index (χ0n) is 21.1. The number of nitrogens with zero attached hydrogens (tertiary/aromatic N) is 1. The van der Waals surface area contributed by atoms with Gasteiger partial charge in [-0.2, -0.15) is 0 Å². The third-order valence-corrected chi connectivity index (χ3v) is 7.97. The number of hydrogen-bond acceptors (Lipinski definition) is 9. The third kappa shape index (κ3) is 6.54. The minimum atomic E-state index is -1.39. The van der Waals surface area contributed by atoms with Crippen LogP contribution in [0.25, 0.3) is 6.08 Å². The molecule has 1 aromatic rings. The average Bonchev–Trinajstić information content (AvgIpc) is 3.22. The predicted octanol–water partition coefficient (Wildman–Crippen LogP) is 3.37. The zero-order valence-corrected chi connectivity index (χ0v) is 21.9. The summed E-state index contributed by atoms with van der Waals surface area (Å²) < 4.78 is 32.3. The number of cyclic esters (lactones) is 1. The van der Waals surface area contributed by atoms with Gasteiger partial charge in [0.05, 0.1) is 52.6 Å². The van der Waals surface area contributed by atoms with Gasteiger partial charge in [-0.3, -0.25) is 9.59 Å². The Morgan fingerprint density at radius 1 is 1.26 bits per heavy atom. The number of thiazole rings is 1. The minimum Gasteiger partial charge on any atom is -0.455 e. The van der Waals surface area contributed by atoms with E-state index >= 15 is 4.39 Å². The molecular formula is C25H36FNO7S. The summed E-state index contributed by atoms with van der Waals surface area (Å²) in [6.07, 6.45) is -3.40. The van der Waals surface area contributed by atoms with Crippen LogP contribution in [-0.2, 0) is 23.8 Å². The van der Waals surface area contributed by atoms with Gasteiger partial charge in [-0.1, -0.05) is 20.8 Å². The number of aromatic nitrogens is 1. The Balaban J connectivity index is 1.85. The van der Waals surface area contributed by atoms with E-state index in [1.54, 1.807) is 19.2 Å².